The second kappa shape index (κ2) is 12.4. The molecule has 0 saturated heterocycles. The number of carbonyl (C=O) groups is 3. The summed E-state index contributed by atoms with van der Waals surface area (Å²) in [6.45, 7) is 1.73. The Morgan fingerprint density at radius 2 is 1.49 bits per heavy atom. The van der Waals surface area contributed by atoms with Crippen LogP contribution in [0, 0.1) is 11.6 Å². The maximum Gasteiger partial charge on any atom is 0.243 e. The van der Waals surface area contributed by atoms with Gasteiger partial charge in [0.2, 0.25) is 17.7 Å². The third-order valence-electron chi connectivity index (χ3n) is 5.19. The topological polar surface area (TPSA) is 100 Å². The van der Waals surface area contributed by atoms with Gasteiger partial charge < -0.3 is 16.0 Å². The van der Waals surface area contributed by atoms with E-state index < -0.39 is 35.5 Å². The van der Waals surface area contributed by atoms with E-state index in [1.165, 1.54) is 6.92 Å². The molecule has 3 N–H and O–H groups in total. The minimum Gasteiger partial charge on any atom is -0.350 e. The first-order chi connectivity index (χ1) is 16.8. The molecule has 3 amide bonds. The van der Waals surface area contributed by atoms with Crippen molar-refractivity contribution in [2.75, 3.05) is 0 Å². The van der Waals surface area contributed by atoms with Gasteiger partial charge in [0, 0.05) is 31.4 Å². The summed E-state index contributed by atoms with van der Waals surface area (Å²) in [4.78, 5) is 41.9. The molecule has 9 heteroatoms. The molecule has 1 heterocycles. The Labute approximate surface area is 202 Å². The molecule has 0 aliphatic carbocycles. The first kappa shape index (κ1) is 25.5. The van der Waals surface area contributed by atoms with Gasteiger partial charge in [-0.15, -0.1) is 0 Å². The summed E-state index contributed by atoms with van der Waals surface area (Å²) in [7, 11) is 0. The molecule has 182 valence electrons. The van der Waals surface area contributed by atoms with Crippen molar-refractivity contribution < 1.29 is 23.2 Å². The average molecular weight is 481 g/mol. The summed E-state index contributed by atoms with van der Waals surface area (Å²) < 4.78 is 26.7. The number of hydrogen-bond acceptors (Lipinski definition) is 4. The van der Waals surface area contributed by atoms with Crippen LogP contribution in [-0.2, 0) is 33.8 Å². The Morgan fingerprint density at radius 1 is 0.829 bits per heavy atom. The molecule has 3 aromatic rings. The van der Waals surface area contributed by atoms with E-state index in [2.05, 4.69) is 20.9 Å². The van der Waals surface area contributed by atoms with Crippen molar-refractivity contribution in [3.05, 3.63) is 101 Å². The fourth-order valence-corrected chi connectivity index (χ4v) is 3.43. The van der Waals surface area contributed by atoms with Crippen LogP contribution in [-0.4, -0.2) is 34.8 Å². The van der Waals surface area contributed by atoms with Crippen molar-refractivity contribution >= 4 is 17.7 Å². The molecule has 0 bridgehead atoms. The van der Waals surface area contributed by atoms with Crippen LogP contribution in [0.1, 0.15) is 23.6 Å². The number of carbonyl (C=O) groups excluding carboxylic acids is 3. The molecular formula is C26H26F2N4O3. The lowest BCUT2D eigenvalue weighted by Gasteiger charge is -2.21. The molecular weight excluding hydrogens is 454 g/mol. The van der Waals surface area contributed by atoms with Crippen LogP contribution in [0.15, 0.2) is 73.1 Å². The van der Waals surface area contributed by atoms with E-state index >= 15 is 0 Å². The fraction of sp³-hybridized carbons (Fsp3) is 0.231. The van der Waals surface area contributed by atoms with Crippen molar-refractivity contribution in [3.8, 4) is 0 Å². The van der Waals surface area contributed by atoms with Gasteiger partial charge in [-0.25, -0.2) is 8.78 Å². The van der Waals surface area contributed by atoms with Crippen LogP contribution in [0.3, 0.4) is 0 Å². The van der Waals surface area contributed by atoms with Crippen molar-refractivity contribution in [1.29, 1.82) is 0 Å². The lowest BCUT2D eigenvalue weighted by atomic mass is 10.0. The Kier molecular flexibility index (Phi) is 9.00. The van der Waals surface area contributed by atoms with Crippen molar-refractivity contribution in [1.82, 2.24) is 20.9 Å². The van der Waals surface area contributed by atoms with E-state index in [4.69, 9.17) is 0 Å². The number of hydrogen-bond donors (Lipinski definition) is 3. The highest BCUT2D eigenvalue weighted by Gasteiger charge is 2.24. The van der Waals surface area contributed by atoms with Crippen molar-refractivity contribution in [3.63, 3.8) is 0 Å². The summed E-state index contributed by atoms with van der Waals surface area (Å²) in [5, 5.41) is 8.00. The minimum atomic E-state index is -0.979. The van der Waals surface area contributed by atoms with Crippen LogP contribution in [0.4, 0.5) is 8.78 Å². The molecule has 0 fully saturated rings. The van der Waals surface area contributed by atoms with Crippen molar-refractivity contribution in [2.24, 2.45) is 0 Å². The Hall–Kier alpha value is -4.14. The molecule has 0 radical (unpaired) electrons. The smallest absolute Gasteiger partial charge is 0.243 e. The highest BCUT2D eigenvalue weighted by molar-refractivity contribution is 5.92. The number of aromatic nitrogens is 1. The highest BCUT2D eigenvalue weighted by atomic mass is 19.1. The van der Waals surface area contributed by atoms with Gasteiger partial charge >= 0.3 is 0 Å². The van der Waals surface area contributed by atoms with Gasteiger partial charge in [-0.05, 0) is 47.9 Å². The van der Waals surface area contributed by atoms with Gasteiger partial charge in [0.25, 0.3) is 0 Å². The van der Waals surface area contributed by atoms with E-state index in [0.717, 1.165) is 23.3 Å². The predicted molar refractivity (Wildman–Crippen MR) is 126 cm³/mol. The normalized spacial score (nSPS) is 12.3. The number of amides is 3. The molecule has 0 spiro atoms. The third kappa shape index (κ3) is 8.29. The number of rotatable bonds is 10. The molecule has 7 nitrogen and oxygen atoms in total. The summed E-state index contributed by atoms with van der Waals surface area (Å²) in [6.07, 6.45) is 3.19. The molecule has 2 aromatic carbocycles. The molecule has 35 heavy (non-hydrogen) atoms. The molecule has 0 saturated carbocycles. The summed E-state index contributed by atoms with van der Waals surface area (Å²) in [6, 6.07) is 13.7. The predicted octanol–water partition coefficient (Wildman–Crippen LogP) is 2.45. The van der Waals surface area contributed by atoms with E-state index in [9.17, 15) is 23.2 Å². The molecule has 0 aliphatic rings. The zero-order valence-electron chi connectivity index (χ0n) is 19.1. The Bertz CT molecular complexity index is 1140. The number of halogens is 2. The van der Waals surface area contributed by atoms with Crippen LogP contribution in [0.25, 0.3) is 0 Å². The number of pyridine rings is 1. The van der Waals surface area contributed by atoms with Crippen molar-refractivity contribution in [2.45, 2.75) is 38.4 Å². The number of benzene rings is 2. The zero-order chi connectivity index (χ0) is 25.2. The maximum absolute atomic E-state index is 13.4. The van der Waals surface area contributed by atoms with E-state index in [1.807, 2.05) is 30.3 Å². The lowest BCUT2D eigenvalue weighted by molar-refractivity contribution is -0.131. The summed E-state index contributed by atoms with van der Waals surface area (Å²) in [5.41, 5.74) is 1.85. The zero-order valence-corrected chi connectivity index (χ0v) is 19.1. The summed E-state index contributed by atoms with van der Waals surface area (Å²) in [5.74, 6) is -3.11. The van der Waals surface area contributed by atoms with Crippen LogP contribution >= 0.6 is 0 Å². The van der Waals surface area contributed by atoms with Crippen LogP contribution in [0.5, 0.6) is 0 Å². The van der Waals surface area contributed by atoms with Gasteiger partial charge in [-0.1, -0.05) is 30.3 Å². The monoisotopic (exact) mass is 480 g/mol. The molecule has 0 unspecified atom stereocenters. The van der Waals surface area contributed by atoms with Gasteiger partial charge in [-0.2, -0.15) is 0 Å². The lowest BCUT2D eigenvalue weighted by Crippen LogP contribution is -2.53. The SMILES string of the molecule is C[C@H](NC(=O)Cc1cc(F)cc(F)c1)C(=O)N[C@@H](Cc1ccccc1)C(=O)NCc1ccncc1. The van der Waals surface area contributed by atoms with Crippen LogP contribution < -0.4 is 16.0 Å². The second-order valence-corrected chi connectivity index (χ2v) is 8.07. The standard InChI is InChI=1S/C26H26F2N4O3/c1-17(31-24(33)14-20-11-21(27)15-22(28)12-20)25(34)32-23(13-18-5-3-2-4-6-18)26(35)30-16-19-7-9-29-10-8-19/h2-12,15,17,23H,13-14,16H2,1H3,(H,30,35)(H,31,33)(H,32,34)/t17-,23-/m0/s1. The molecule has 3 rings (SSSR count). The fourth-order valence-electron chi connectivity index (χ4n) is 3.43. The molecule has 1 aromatic heterocycles. The maximum atomic E-state index is 13.4. The van der Waals surface area contributed by atoms with Gasteiger partial charge in [0.05, 0.1) is 6.42 Å². The average Bonchev–Trinajstić information content (AvgIpc) is 2.82. The third-order valence-corrected chi connectivity index (χ3v) is 5.19. The first-order valence-electron chi connectivity index (χ1n) is 11.1. The Balaban J connectivity index is 1.61. The quantitative estimate of drug-likeness (QED) is 0.415. The largest absolute Gasteiger partial charge is 0.350 e. The number of nitrogens with one attached hydrogen (secondary N) is 3. The highest BCUT2D eigenvalue weighted by Crippen LogP contribution is 2.09. The van der Waals surface area contributed by atoms with Gasteiger partial charge in [0.1, 0.15) is 23.7 Å². The molecule has 0 aliphatic heterocycles. The number of nitrogens with zero attached hydrogens (tertiary/aromatic N) is 1. The summed E-state index contributed by atoms with van der Waals surface area (Å²) >= 11 is 0. The van der Waals surface area contributed by atoms with Crippen LogP contribution in [0.2, 0.25) is 0 Å². The Morgan fingerprint density at radius 3 is 2.14 bits per heavy atom. The van der Waals surface area contributed by atoms with E-state index in [0.29, 0.717) is 6.07 Å². The minimum absolute atomic E-state index is 0.144. The second-order valence-electron chi connectivity index (χ2n) is 8.07. The van der Waals surface area contributed by atoms with E-state index in [1.54, 1.807) is 24.5 Å². The molecule has 2 atom stereocenters. The van der Waals surface area contributed by atoms with Gasteiger partial charge in [-0.3, -0.25) is 19.4 Å². The van der Waals surface area contributed by atoms with E-state index in [-0.39, 0.29) is 30.9 Å². The first-order valence-corrected chi connectivity index (χ1v) is 11.1. The van der Waals surface area contributed by atoms with Gasteiger partial charge in [0.15, 0.2) is 0 Å².